The highest BCUT2D eigenvalue weighted by molar-refractivity contribution is 5.91. The summed E-state index contributed by atoms with van der Waals surface area (Å²) in [5, 5.41) is 1.26. The van der Waals surface area contributed by atoms with Crippen LogP contribution in [0, 0.1) is 5.92 Å². The largest absolute Gasteiger partial charge is 0.370 e. The van der Waals surface area contributed by atoms with E-state index in [0.717, 1.165) is 31.1 Å². The SMILES string of the molecule is c1ccc2c(N3CCC[C@H](c4nccn4CC4CC4)C3)ccnc2c1. The number of benzene rings is 1. The van der Waals surface area contributed by atoms with Crippen LogP contribution in [0.25, 0.3) is 10.9 Å². The summed E-state index contributed by atoms with van der Waals surface area (Å²) in [6.07, 6.45) is 11.3. The van der Waals surface area contributed by atoms with Gasteiger partial charge in [-0.25, -0.2) is 4.98 Å². The molecule has 0 N–H and O–H groups in total. The molecule has 4 heteroatoms. The van der Waals surface area contributed by atoms with E-state index in [1.54, 1.807) is 0 Å². The Balaban J connectivity index is 1.43. The zero-order valence-electron chi connectivity index (χ0n) is 14.5. The minimum absolute atomic E-state index is 0.523. The Bertz CT molecular complexity index is 875. The number of hydrogen-bond donors (Lipinski definition) is 0. The Morgan fingerprint density at radius 1 is 1.00 bits per heavy atom. The first-order chi connectivity index (χ1) is 12.4. The first-order valence-electron chi connectivity index (χ1n) is 9.48. The molecule has 1 aliphatic carbocycles. The van der Waals surface area contributed by atoms with Crippen LogP contribution in [0.3, 0.4) is 0 Å². The summed E-state index contributed by atoms with van der Waals surface area (Å²) in [4.78, 5) is 11.8. The van der Waals surface area contributed by atoms with Gasteiger partial charge in [0, 0.05) is 55.2 Å². The average molecular weight is 332 g/mol. The number of pyridine rings is 1. The van der Waals surface area contributed by atoms with E-state index in [2.05, 4.69) is 51.0 Å². The Morgan fingerprint density at radius 3 is 2.84 bits per heavy atom. The third-order valence-electron chi connectivity index (χ3n) is 5.65. The Morgan fingerprint density at radius 2 is 1.92 bits per heavy atom. The molecule has 128 valence electrons. The number of fused-ring (bicyclic) bond motifs is 1. The summed E-state index contributed by atoms with van der Waals surface area (Å²) in [6, 6.07) is 10.6. The van der Waals surface area contributed by atoms with Crippen molar-refractivity contribution in [1.82, 2.24) is 14.5 Å². The summed E-state index contributed by atoms with van der Waals surface area (Å²) in [6.45, 7) is 3.33. The van der Waals surface area contributed by atoms with E-state index in [4.69, 9.17) is 4.98 Å². The van der Waals surface area contributed by atoms with Gasteiger partial charge in [0.25, 0.3) is 0 Å². The Labute approximate surface area is 148 Å². The smallest absolute Gasteiger partial charge is 0.113 e. The molecule has 0 spiro atoms. The van der Waals surface area contributed by atoms with Crippen LogP contribution < -0.4 is 4.90 Å². The summed E-state index contributed by atoms with van der Waals surface area (Å²) in [5.41, 5.74) is 2.40. The Hall–Kier alpha value is -2.36. The topological polar surface area (TPSA) is 34.0 Å². The van der Waals surface area contributed by atoms with Gasteiger partial charge in [-0.05, 0) is 43.7 Å². The molecule has 3 aromatic rings. The van der Waals surface area contributed by atoms with Crippen LogP contribution in [-0.2, 0) is 6.54 Å². The predicted octanol–water partition coefficient (Wildman–Crippen LogP) is 4.23. The number of rotatable bonds is 4. The molecule has 1 atom stereocenters. The van der Waals surface area contributed by atoms with Gasteiger partial charge < -0.3 is 9.47 Å². The van der Waals surface area contributed by atoms with Crippen molar-refractivity contribution in [3.63, 3.8) is 0 Å². The van der Waals surface area contributed by atoms with Crippen LogP contribution in [0.15, 0.2) is 48.9 Å². The average Bonchev–Trinajstić information content (AvgIpc) is 3.36. The fraction of sp³-hybridized carbons (Fsp3) is 0.429. The molecule has 1 aromatic carbocycles. The van der Waals surface area contributed by atoms with E-state index in [1.165, 1.54) is 42.6 Å². The molecule has 4 nitrogen and oxygen atoms in total. The summed E-state index contributed by atoms with van der Waals surface area (Å²) in [5.74, 6) is 2.70. The van der Waals surface area contributed by atoms with Crippen molar-refractivity contribution < 1.29 is 0 Å². The quantitative estimate of drug-likeness (QED) is 0.717. The molecule has 5 rings (SSSR count). The van der Waals surface area contributed by atoms with Gasteiger partial charge in [0.2, 0.25) is 0 Å². The maximum Gasteiger partial charge on any atom is 0.113 e. The van der Waals surface area contributed by atoms with Crippen LogP contribution >= 0.6 is 0 Å². The van der Waals surface area contributed by atoms with Gasteiger partial charge in [0.15, 0.2) is 0 Å². The van der Waals surface area contributed by atoms with E-state index >= 15 is 0 Å². The highest BCUT2D eigenvalue weighted by Gasteiger charge is 2.28. The van der Waals surface area contributed by atoms with Gasteiger partial charge in [-0.15, -0.1) is 0 Å². The lowest BCUT2D eigenvalue weighted by Crippen LogP contribution is -2.35. The number of anilines is 1. The van der Waals surface area contributed by atoms with Gasteiger partial charge in [-0.2, -0.15) is 0 Å². The van der Waals surface area contributed by atoms with Crippen molar-refractivity contribution in [2.75, 3.05) is 18.0 Å². The molecule has 1 aliphatic heterocycles. The van der Waals surface area contributed by atoms with E-state index in [9.17, 15) is 0 Å². The highest BCUT2D eigenvalue weighted by atomic mass is 15.2. The number of para-hydroxylation sites is 1. The second-order valence-electron chi connectivity index (χ2n) is 7.51. The van der Waals surface area contributed by atoms with Gasteiger partial charge in [0.1, 0.15) is 5.82 Å². The van der Waals surface area contributed by atoms with Crippen molar-refractivity contribution in [2.24, 2.45) is 5.92 Å². The van der Waals surface area contributed by atoms with Gasteiger partial charge in [0.05, 0.1) is 5.52 Å². The molecule has 1 saturated carbocycles. The van der Waals surface area contributed by atoms with Crippen molar-refractivity contribution in [3.8, 4) is 0 Å². The standard InChI is InChI=1S/C21H24N4/c1-2-6-19-18(5-1)20(9-10-22-19)24-12-3-4-17(15-24)21-23-11-13-25(21)14-16-7-8-16/h1-2,5-6,9-11,13,16-17H,3-4,7-8,12,14-15H2/t17-/m0/s1. The molecule has 25 heavy (non-hydrogen) atoms. The molecule has 0 bridgehead atoms. The summed E-state index contributed by atoms with van der Waals surface area (Å²) >= 11 is 0. The monoisotopic (exact) mass is 332 g/mol. The predicted molar refractivity (Wildman–Crippen MR) is 101 cm³/mol. The highest BCUT2D eigenvalue weighted by Crippen LogP contribution is 2.35. The molecule has 0 radical (unpaired) electrons. The third kappa shape index (κ3) is 2.90. The molecular weight excluding hydrogens is 308 g/mol. The molecule has 2 aromatic heterocycles. The van der Waals surface area contributed by atoms with Crippen molar-refractivity contribution in [1.29, 1.82) is 0 Å². The molecule has 1 saturated heterocycles. The zero-order valence-corrected chi connectivity index (χ0v) is 14.5. The summed E-state index contributed by atoms with van der Waals surface area (Å²) < 4.78 is 2.41. The minimum Gasteiger partial charge on any atom is -0.370 e. The van der Waals surface area contributed by atoms with Crippen molar-refractivity contribution in [3.05, 3.63) is 54.7 Å². The number of imidazole rings is 1. The maximum atomic E-state index is 4.74. The van der Waals surface area contributed by atoms with Crippen LogP contribution in [-0.4, -0.2) is 27.6 Å². The Kier molecular flexibility index (Phi) is 3.69. The van der Waals surface area contributed by atoms with Gasteiger partial charge in [-0.3, -0.25) is 4.98 Å². The lowest BCUT2D eigenvalue weighted by atomic mass is 9.96. The van der Waals surface area contributed by atoms with Crippen molar-refractivity contribution in [2.45, 2.75) is 38.1 Å². The van der Waals surface area contributed by atoms with E-state index in [1.807, 2.05) is 12.4 Å². The van der Waals surface area contributed by atoms with Gasteiger partial charge >= 0.3 is 0 Å². The van der Waals surface area contributed by atoms with E-state index in [0.29, 0.717) is 5.92 Å². The second kappa shape index (κ2) is 6.17. The first-order valence-corrected chi connectivity index (χ1v) is 9.48. The molecule has 2 aliphatic rings. The molecule has 0 amide bonds. The maximum absolute atomic E-state index is 4.74. The lowest BCUT2D eigenvalue weighted by Gasteiger charge is -2.35. The number of aromatic nitrogens is 3. The van der Waals surface area contributed by atoms with Crippen LogP contribution in [0.2, 0.25) is 0 Å². The van der Waals surface area contributed by atoms with Crippen LogP contribution in [0.4, 0.5) is 5.69 Å². The van der Waals surface area contributed by atoms with E-state index < -0.39 is 0 Å². The summed E-state index contributed by atoms with van der Waals surface area (Å²) in [7, 11) is 0. The third-order valence-corrected chi connectivity index (χ3v) is 5.65. The normalized spacial score (nSPS) is 21.0. The zero-order chi connectivity index (χ0) is 16.6. The second-order valence-corrected chi connectivity index (χ2v) is 7.51. The molecule has 3 heterocycles. The van der Waals surface area contributed by atoms with E-state index in [-0.39, 0.29) is 0 Å². The first kappa shape index (κ1) is 14.9. The molecule has 2 fully saturated rings. The van der Waals surface area contributed by atoms with Crippen LogP contribution in [0.1, 0.15) is 37.4 Å². The fourth-order valence-corrected chi connectivity index (χ4v) is 4.18. The number of piperidine rings is 1. The number of hydrogen-bond acceptors (Lipinski definition) is 3. The molecule has 0 unspecified atom stereocenters. The molecular formula is C21H24N4. The fourth-order valence-electron chi connectivity index (χ4n) is 4.18. The lowest BCUT2D eigenvalue weighted by molar-refractivity contribution is 0.464. The van der Waals surface area contributed by atoms with Crippen LogP contribution in [0.5, 0.6) is 0 Å². The van der Waals surface area contributed by atoms with Gasteiger partial charge in [-0.1, -0.05) is 18.2 Å². The minimum atomic E-state index is 0.523. The number of nitrogens with zero attached hydrogens (tertiary/aromatic N) is 4. The van der Waals surface area contributed by atoms with Crippen molar-refractivity contribution >= 4 is 16.6 Å².